The molecule has 0 aromatic heterocycles. The number of hydrogen-bond donors (Lipinski definition) is 1. The molecule has 0 radical (unpaired) electrons. The van der Waals surface area contributed by atoms with E-state index in [4.69, 9.17) is 14.2 Å². The fraction of sp³-hybridized carbons (Fsp3) is 0.417. The van der Waals surface area contributed by atoms with E-state index in [1.807, 2.05) is 30.3 Å². The molecule has 2 amide bonds. The molecule has 162 valence electrons. The van der Waals surface area contributed by atoms with Gasteiger partial charge in [-0.25, -0.2) is 0 Å². The van der Waals surface area contributed by atoms with Gasteiger partial charge in [-0.05, 0) is 24.1 Å². The van der Waals surface area contributed by atoms with Crippen LogP contribution in [0.4, 0.5) is 5.69 Å². The van der Waals surface area contributed by atoms with Gasteiger partial charge in [0.1, 0.15) is 24.3 Å². The van der Waals surface area contributed by atoms with Gasteiger partial charge in [0.25, 0.3) is 0 Å². The number of rotatable bonds is 7. The first-order chi connectivity index (χ1) is 15.1. The van der Waals surface area contributed by atoms with Crippen molar-refractivity contribution in [1.82, 2.24) is 5.32 Å². The minimum atomic E-state index is -0.978. The van der Waals surface area contributed by atoms with Crippen LogP contribution in [0.2, 0.25) is 0 Å². The number of hydrogen-bond acceptors (Lipinski definition) is 5. The fourth-order valence-electron chi connectivity index (χ4n) is 4.70. The van der Waals surface area contributed by atoms with Crippen molar-refractivity contribution in [2.75, 3.05) is 31.4 Å². The molecule has 2 aromatic carbocycles. The number of fused-ring (bicyclic) bond motifs is 5. The van der Waals surface area contributed by atoms with Gasteiger partial charge in [-0.3, -0.25) is 9.59 Å². The molecule has 0 saturated heterocycles. The van der Waals surface area contributed by atoms with Crippen LogP contribution in [0.3, 0.4) is 0 Å². The van der Waals surface area contributed by atoms with E-state index in [0.717, 1.165) is 42.5 Å². The summed E-state index contributed by atoms with van der Waals surface area (Å²) >= 11 is 0. The number of amides is 2. The Kier molecular flexibility index (Phi) is 4.96. The molecule has 7 heteroatoms. The lowest BCUT2D eigenvalue weighted by Gasteiger charge is -2.23. The Hall–Kier alpha value is -3.22. The second-order valence-electron chi connectivity index (χ2n) is 8.21. The van der Waals surface area contributed by atoms with Crippen molar-refractivity contribution in [3.8, 4) is 17.2 Å². The van der Waals surface area contributed by atoms with Crippen LogP contribution in [-0.4, -0.2) is 38.3 Å². The molecule has 7 nitrogen and oxygen atoms in total. The topological polar surface area (TPSA) is 77.1 Å². The van der Waals surface area contributed by atoms with E-state index in [2.05, 4.69) is 12.2 Å². The van der Waals surface area contributed by atoms with Gasteiger partial charge >= 0.3 is 0 Å². The number of unbranched alkanes of at least 4 members (excludes halogenated alkanes) is 3. The second-order valence-corrected chi connectivity index (χ2v) is 8.21. The summed E-state index contributed by atoms with van der Waals surface area (Å²) in [5, 5.41) is 2.95. The van der Waals surface area contributed by atoms with Gasteiger partial charge in [-0.1, -0.05) is 44.4 Å². The average molecular weight is 422 g/mol. The molecule has 0 saturated carbocycles. The van der Waals surface area contributed by atoms with Crippen LogP contribution in [-0.2, 0) is 15.0 Å². The highest BCUT2D eigenvalue weighted by atomic mass is 16.7. The smallest absolute Gasteiger partial charge is 0.246 e. The molecule has 1 unspecified atom stereocenters. The van der Waals surface area contributed by atoms with Crippen LogP contribution >= 0.6 is 0 Å². The van der Waals surface area contributed by atoms with Gasteiger partial charge in [-0.15, -0.1) is 0 Å². The van der Waals surface area contributed by atoms with Crippen LogP contribution in [0.15, 0.2) is 36.4 Å². The Morgan fingerprint density at radius 2 is 1.84 bits per heavy atom. The van der Waals surface area contributed by atoms with Crippen LogP contribution < -0.4 is 24.4 Å². The fourth-order valence-corrected chi connectivity index (χ4v) is 4.70. The summed E-state index contributed by atoms with van der Waals surface area (Å²) in [6.45, 7) is 3.12. The molecule has 31 heavy (non-hydrogen) atoms. The van der Waals surface area contributed by atoms with Crippen molar-refractivity contribution in [1.29, 1.82) is 0 Å². The largest absolute Gasteiger partial charge is 0.491 e. The summed E-state index contributed by atoms with van der Waals surface area (Å²) in [6, 6.07) is 11.3. The van der Waals surface area contributed by atoms with Crippen molar-refractivity contribution in [2.24, 2.45) is 0 Å². The van der Waals surface area contributed by atoms with Gasteiger partial charge in [0.2, 0.25) is 18.6 Å². The SMILES string of the molecule is CCCCCCNC(=O)CN1C(=O)C2(COc3cc4c(cc32)OCO4)c2ccccc21. The molecule has 0 fully saturated rings. The number of carbonyl (C=O) groups is 2. The van der Waals surface area contributed by atoms with Crippen molar-refractivity contribution in [3.05, 3.63) is 47.5 Å². The monoisotopic (exact) mass is 422 g/mol. The predicted molar refractivity (Wildman–Crippen MR) is 115 cm³/mol. The van der Waals surface area contributed by atoms with Gasteiger partial charge < -0.3 is 24.4 Å². The van der Waals surface area contributed by atoms with E-state index in [0.29, 0.717) is 23.8 Å². The van der Waals surface area contributed by atoms with E-state index in [-0.39, 0.29) is 31.8 Å². The van der Waals surface area contributed by atoms with E-state index in [1.54, 1.807) is 11.0 Å². The highest BCUT2D eigenvalue weighted by molar-refractivity contribution is 6.13. The third kappa shape index (κ3) is 3.10. The molecule has 3 aliphatic heterocycles. The number of carbonyl (C=O) groups excluding carboxylic acids is 2. The van der Waals surface area contributed by atoms with Gasteiger partial charge in [0, 0.05) is 23.9 Å². The van der Waals surface area contributed by atoms with E-state index >= 15 is 0 Å². The highest BCUT2D eigenvalue weighted by Gasteiger charge is 2.57. The minimum absolute atomic E-state index is 0.00867. The highest BCUT2D eigenvalue weighted by Crippen LogP contribution is 2.54. The Labute approximate surface area is 181 Å². The number of nitrogens with one attached hydrogen (secondary N) is 1. The first-order valence-corrected chi connectivity index (χ1v) is 10.9. The van der Waals surface area contributed by atoms with Crippen molar-refractivity contribution in [2.45, 2.75) is 38.0 Å². The van der Waals surface area contributed by atoms with Crippen LogP contribution in [0, 0.1) is 0 Å². The molecule has 3 aliphatic rings. The number of nitrogens with zero attached hydrogens (tertiary/aromatic N) is 1. The van der Waals surface area contributed by atoms with Crippen LogP contribution in [0.5, 0.6) is 17.2 Å². The number of para-hydroxylation sites is 1. The quantitative estimate of drug-likeness (QED) is 0.694. The lowest BCUT2D eigenvalue weighted by molar-refractivity contribution is -0.125. The summed E-state index contributed by atoms with van der Waals surface area (Å²) in [5.74, 6) is 1.55. The first-order valence-electron chi connectivity index (χ1n) is 10.9. The molecule has 3 heterocycles. The third-order valence-corrected chi connectivity index (χ3v) is 6.30. The number of anilines is 1. The molecule has 5 rings (SSSR count). The third-order valence-electron chi connectivity index (χ3n) is 6.30. The normalized spacial score (nSPS) is 20.0. The van der Waals surface area contributed by atoms with Crippen molar-refractivity contribution < 1.29 is 23.8 Å². The molecule has 1 spiro atoms. The van der Waals surface area contributed by atoms with Gasteiger partial charge in [0.15, 0.2) is 11.5 Å². The second kappa shape index (κ2) is 7.80. The zero-order chi connectivity index (χ0) is 21.4. The van der Waals surface area contributed by atoms with Gasteiger partial charge in [0.05, 0.1) is 0 Å². The summed E-state index contributed by atoms with van der Waals surface area (Å²) in [6.07, 6.45) is 4.35. The molecule has 1 N–H and O–H groups in total. The standard InChI is InChI=1S/C24H26N2O5/c1-2-3-4-7-10-25-22(27)13-26-18-9-6-5-8-16(18)24(23(26)28)14-29-19-12-21-20(11-17(19)24)30-15-31-21/h5-6,8-9,11-12H,2-4,7,10,13-15H2,1H3,(H,25,27). The van der Waals surface area contributed by atoms with E-state index in [1.165, 1.54) is 0 Å². The summed E-state index contributed by atoms with van der Waals surface area (Å²) in [4.78, 5) is 28.0. The summed E-state index contributed by atoms with van der Waals surface area (Å²) in [7, 11) is 0. The van der Waals surface area contributed by atoms with Crippen molar-refractivity contribution >= 4 is 17.5 Å². The predicted octanol–water partition coefficient (Wildman–Crippen LogP) is 3.14. The Bertz CT molecular complexity index is 1040. The molecule has 0 aliphatic carbocycles. The molecule has 1 atom stereocenters. The van der Waals surface area contributed by atoms with Crippen LogP contribution in [0.25, 0.3) is 0 Å². The average Bonchev–Trinajstić information content (AvgIpc) is 3.45. The molecule has 2 aromatic rings. The van der Waals surface area contributed by atoms with Crippen LogP contribution in [0.1, 0.15) is 43.7 Å². The zero-order valence-electron chi connectivity index (χ0n) is 17.6. The maximum absolute atomic E-state index is 13.8. The lowest BCUT2D eigenvalue weighted by atomic mass is 9.77. The molecule has 0 bridgehead atoms. The Morgan fingerprint density at radius 3 is 2.68 bits per heavy atom. The maximum atomic E-state index is 13.8. The Morgan fingerprint density at radius 1 is 1.03 bits per heavy atom. The lowest BCUT2D eigenvalue weighted by Crippen LogP contribution is -2.46. The minimum Gasteiger partial charge on any atom is -0.491 e. The van der Waals surface area contributed by atoms with E-state index < -0.39 is 5.41 Å². The number of ether oxygens (including phenoxy) is 3. The van der Waals surface area contributed by atoms with E-state index in [9.17, 15) is 9.59 Å². The van der Waals surface area contributed by atoms with Crippen molar-refractivity contribution in [3.63, 3.8) is 0 Å². The molecular formula is C24H26N2O5. The summed E-state index contributed by atoms with van der Waals surface area (Å²) < 4.78 is 17.0. The molecular weight excluding hydrogens is 396 g/mol. The van der Waals surface area contributed by atoms with Gasteiger partial charge in [-0.2, -0.15) is 0 Å². The number of benzene rings is 2. The first kappa shape index (κ1) is 19.7. The Balaban J connectivity index is 1.42. The summed E-state index contributed by atoms with van der Waals surface area (Å²) in [5.41, 5.74) is 1.39. The zero-order valence-corrected chi connectivity index (χ0v) is 17.6. The maximum Gasteiger partial charge on any atom is 0.246 e.